The molecule has 1 fully saturated rings. The Morgan fingerprint density at radius 3 is 2.89 bits per heavy atom. The van der Waals surface area contributed by atoms with Gasteiger partial charge in [0.05, 0.1) is 29.6 Å². The number of amides is 1. The van der Waals surface area contributed by atoms with Gasteiger partial charge in [0, 0.05) is 23.4 Å². The number of aromatic nitrogens is 2. The normalized spacial score (nSPS) is 25.9. The van der Waals surface area contributed by atoms with Crippen LogP contribution >= 0.6 is 23.1 Å². The van der Waals surface area contributed by atoms with E-state index in [1.54, 1.807) is 23.8 Å². The summed E-state index contributed by atoms with van der Waals surface area (Å²) in [6.45, 7) is 2.99. The zero-order valence-corrected chi connectivity index (χ0v) is 16.3. The molecule has 4 heterocycles. The number of β-lactam (4-membered cyclic amide) rings is 1. The van der Waals surface area contributed by atoms with Crippen LogP contribution < -0.4 is 0 Å². The van der Waals surface area contributed by atoms with Crippen LogP contribution in [-0.4, -0.2) is 60.9 Å². The van der Waals surface area contributed by atoms with Gasteiger partial charge in [-0.2, -0.15) is 0 Å². The predicted molar refractivity (Wildman–Crippen MR) is 99.3 cm³/mol. The predicted octanol–water partition coefficient (Wildman–Crippen LogP) is 2.11. The molecule has 0 saturated carbocycles. The molecule has 0 unspecified atom stereocenters. The molecule has 4 atom stereocenters. The second-order valence-electron chi connectivity index (χ2n) is 6.72. The number of aliphatic hydroxyl groups excluding tert-OH is 1. The number of halogens is 1. The van der Waals surface area contributed by atoms with Crippen LogP contribution in [0.15, 0.2) is 23.2 Å². The maximum absolute atomic E-state index is 12.5. The smallest absolute Gasteiger partial charge is 0.352 e. The van der Waals surface area contributed by atoms with Crippen molar-refractivity contribution in [3.05, 3.63) is 23.1 Å². The Morgan fingerprint density at radius 2 is 2.26 bits per heavy atom. The molecule has 27 heavy (non-hydrogen) atoms. The highest BCUT2D eigenvalue weighted by Crippen LogP contribution is 2.51. The summed E-state index contributed by atoms with van der Waals surface area (Å²) in [5.74, 6) is -2.00. The van der Waals surface area contributed by atoms with E-state index in [1.165, 1.54) is 28.0 Å². The van der Waals surface area contributed by atoms with Crippen molar-refractivity contribution in [2.75, 3.05) is 12.4 Å². The molecule has 0 bridgehead atoms. The lowest BCUT2D eigenvalue weighted by molar-refractivity contribution is -0.163. The van der Waals surface area contributed by atoms with Crippen LogP contribution in [0, 0.1) is 11.8 Å². The highest BCUT2D eigenvalue weighted by molar-refractivity contribution is 7.99. The molecule has 2 aliphatic rings. The van der Waals surface area contributed by atoms with E-state index < -0.39 is 24.7 Å². The maximum atomic E-state index is 12.5. The molecular formula is C17H18FN3O4S2. The summed E-state index contributed by atoms with van der Waals surface area (Å²) in [5.41, 5.74) is 0.587. The number of thioether (sulfide) groups is 1. The van der Waals surface area contributed by atoms with Crippen LogP contribution in [0.2, 0.25) is 0 Å². The van der Waals surface area contributed by atoms with Crippen molar-refractivity contribution in [3.8, 4) is 0 Å². The number of carbonyl (C=O) groups excluding carboxylic acids is 1. The minimum atomic E-state index is -1.15. The van der Waals surface area contributed by atoms with Crippen molar-refractivity contribution in [2.45, 2.75) is 31.0 Å². The topological polar surface area (TPSA) is 95.1 Å². The highest BCUT2D eigenvalue weighted by atomic mass is 32.2. The second-order valence-corrected chi connectivity index (χ2v) is 8.83. The first-order valence-electron chi connectivity index (χ1n) is 8.51. The number of hydrogen-bond acceptors (Lipinski definition) is 6. The van der Waals surface area contributed by atoms with Crippen LogP contribution in [0.3, 0.4) is 0 Å². The van der Waals surface area contributed by atoms with Crippen molar-refractivity contribution >= 4 is 45.4 Å². The number of rotatable bonds is 6. The third-order valence-electron chi connectivity index (χ3n) is 5.14. The third-order valence-corrected chi connectivity index (χ3v) is 7.34. The molecule has 0 radical (unpaired) electrons. The van der Waals surface area contributed by atoms with Crippen LogP contribution in [0.1, 0.15) is 18.7 Å². The van der Waals surface area contributed by atoms with Gasteiger partial charge in [-0.15, -0.1) is 23.1 Å². The molecule has 7 nitrogen and oxygen atoms in total. The molecule has 2 aromatic rings. The molecule has 10 heteroatoms. The van der Waals surface area contributed by atoms with E-state index in [4.69, 9.17) is 0 Å². The summed E-state index contributed by atoms with van der Waals surface area (Å²) in [5, 5.41) is 20.4. The standard InChI is InChI=1S/C17H18FN3O4S2/c1-7-10(9-5-20-6-19-14(16(20)27-9)26-4-3-18)13(17(24)25)21-12(7)11(8(2)22)15(21)23/h5-8,11-12,22H,3-4H2,1-2H3,(H,24,25)/t7-,8+,11+,12+/m0/s1. The molecule has 4 rings (SSSR count). The van der Waals surface area contributed by atoms with Gasteiger partial charge < -0.3 is 15.1 Å². The van der Waals surface area contributed by atoms with E-state index in [0.717, 1.165) is 9.71 Å². The fraction of sp³-hybridized carbons (Fsp3) is 0.471. The van der Waals surface area contributed by atoms with E-state index in [0.29, 0.717) is 16.4 Å². The number of aliphatic carboxylic acids is 1. The fourth-order valence-corrected chi connectivity index (χ4v) is 6.07. The van der Waals surface area contributed by atoms with Gasteiger partial charge in [-0.3, -0.25) is 13.6 Å². The van der Waals surface area contributed by atoms with Crippen LogP contribution in [-0.2, 0) is 9.59 Å². The Bertz CT molecular complexity index is 967. The lowest BCUT2D eigenvalue weighted by Gasteiger charge is -2.46. The van der Waals surface area contributed by atoms with Crippen LogP contribution in [0.25, 0.3) is 10.4 Å². The lowest BCUT2D eigenvalue weighted by atomic mass is 9.77. The summed E-state index contributed by atoms with van der Waals surface area (Å²) >= 11 is 2.69. The van der Waals surface area contributed by atoms with Gasteiger partial charge in [-0.25, -0.2) is 9.78 Å². The summed E-state index contributed by atoms with van der Waals surface area (Å²) < 4.78 is 14.3. The van der Waals surface area contributed by atoms with Crippen molar-refractivity contribution < 1.29 is 24.2 Å². The van der Waals surface area contributed by atoms with E-state index in [1.807, 2.05) is 6.92 Å². The SMILES string of the molecule is C[C@@H](O)[C@H]1C(=O)N2C(C(=O)O)=C(c3cn4cnc(SCCF)c4s3)[C@H](C)[C@H]12. The highest BCUT2D eigenvalue weighted by Gasteiger charge is 2.60. The molecule has 0 spiro atoms. The third kappa shape index (κ3) is 2.61. The minimum absolute atomic E-state index is 0.00942. The summed E-state index contributed by atoms with van der Waals surface area (Å²) in [6.07, 6.45) is 2.59. The molecular weight excluding hydrogens is 393 g/mol. The fourth-order valence-electron chi connectivity index (χ4n) is 4.03. The Labute approximate surface area is 162 Å². The largest absolute Gasteiger partial charge is 0.477 e. The number of alkyl halides is 1. The molecule has 1 amide bonds. The molecule has 1 saturated heterocycles. The molecule has 2 aliphatic heterocycles. The van der Waals surface area contributed by atoms with Gasteiger partial charge in [0.1, 0.15) is 21.9 Å². The molecule has 0 aliphatic carbocycles. The number of carbonyl (C=O) groups is 2. The summed E-state index contributed by atoms with van der Waals surface area (Å²) in [6, 6.07) is -0.349. The van der Waals surface area contributed by atoms with E-state index >= 15 is 0 Å². The van der Waals surface area contributed by atoms with Crippen LogP contribution in [0.5, 0.6) is 0 Å². The van der Waals surface area contributed by atoms with Crippen molar-refractivity contribution in [1.82, 2.24) is 14.3 Å². The number of aliphatic hydroxyl groups is 1. The van der Waals surface area contributed by atoms with E-state index in [-0.39, 0.29) is 23.6 Å². The Balaban J connectivity index is 1.78. The quantitative estimate of drug-likeness (QED) is 0.558. The van der Waals surface area contributed by atoms with E-state index in [9.17, 15) is 24.2 Å². The molecule has 2 N–H and O–H groups in total. The average Bonchev–Trinajstić information content (AvgIpc) is 3.23. The molecule has 2 aromatic heterocycles. The summed E-state index contributed by atoms with van der Waals surface area (Å²) in [7, 11) is 0. The van der Waals surface area contributed by atoms with Crippen LogP contribution in [0.4, 0.5) is 4.39 Å². The van der Waals surface area contributed by atoms with E-state index in [2.05, 4.69) is 4.98 Å². The first-order valence-corrected chi connectivity index (χ1v) is 10.3. The second kappa shape index (κ2) is 6.61. The Kier molecular flexibility index (Phi) is 4.52. The Morgan fingerprint density at radius 1 is 1.52 bits per heavy atom. The maximum Gasteiger partial charge on any atom is 0.352 e. The average molecular weight is 411 g/mol. The first-order chi connectivity index (χ1) is 12.9. The van der Waals surface area contributed by atoms with Gasteiger partial charge in [-0.1, -0.05) is 6.92 Å². The number of imidazole rings is 1. The zero-order valence-electron chi connectivity index (χ0n) is 14.6. The minimum Gasteiger partial charge on any atom is -0.477 e. The monoisotopic (exact) mass is 411 g/mol. The van der Waals surface area contributed by atoms with Crippen molar-refractivity contribution in [3.63, 3.8) is 0 Å². The number of carboxylic acids is 1. The number of nitrogens with zero attached hydrogens (tertiary/aromatic N) is 3. The molecule has 0 aromatic carbocycles. The number of hydrogen-bond donors (Lipinski definition) is 2. The van der Waals surface area contributed by atoms with Gasteiger partial charge in [0.15, 0.2) is 0 Å². The van der Waals surface area contributed by atoms with Crippen molar-refractivity contribution in [1.29, 1.82) is 0 Å². The van der Waals surface area contributed by atoms with Crippen molar-refractivity contribution in [2.24, 2.45) is 11.8 Å². The number of thiazole rings is 1. The number of carboxylic acid groups (broad SMARTS) is 1. The summed E-state index contributed by atoms with van der Waals surface area (Å²) in [4.78, 5) is 31.5. The van der Waals surface area contributed by atoms with Gasteiger partial charge in [-0.05, 0) is 6.92 Å². The lowest BCUT2D eigenvalue weighted by Crippen LogP contribution is -2.63. The van der Waals surface area contributed by atoms with Gasteiger partial charge in [0.25, 0.3) is 0 Å². The Hall–Kier alpha value is -1.91. The van der Waals surface area contributed by atoms with Gasteiger partial charge >= 0.3 is 5.97 Å². The molecule has 144 valence electrons. The first kappa shape index (κ1) is 18.5. The zero-order chi connectivity index (χ0) is 19.5. The number of fused-ring (bicyclic) bond motifs is 2. The van der Waals surface area contributed by atoms with Gasteiger partial charge in [0.2, 0.25) is 5.91 Å².